The molecule has 0 radical (unpaired) electrons. The van der Waals surface area contributed by atoms with Gasteiger partial charge in [0.1, 0.15) is 6.04 Å². The highest BCUT2D eigenvalue weighted by molar-refractivity contribution is 5.81. The van der Waals surface area contributed by atoms with Gasteiger partial charge in [0.15, 0.2) is 0 Å². The van der Waals surface area contributed by atoms with Crippen molar-refractivity contribution in [2.45, 2.75) is 65.0 Å². The van der Waals surface area contributed by atoms with Crippen LogP contribution in [-0.4, -0.2) is 22.7 Å². The molecule has 3 heteroatoms. The molecule has 1 aromatic rings. The van der Waals surface area contributed by atoms with E-state index in [1.807, 2.05) is 6.92 Å². The number of carbonyl (C=O) groups is 1. The highest BCUT2D eigenvalue weighted by Crippen LogP contribution is 2.46. The van der Waals surface area contributed by atoms with Gasteiger partial charge in [-0.05, 0) is 50.7 Å². The quantitative estimate of drug-likeness (QED) is 0.908. The summed E-state index contributed by atoms with van der Waals surface area (Å²) in [6.07, 6.45) is 1.59. The number of para-hydroxylation sites is 1. The Bertz CT molecular complexity index is 522. The van der Waals surface area contributed by atoms with Crippen molar-refractivity contribution >= 4 is 11.7 Å². The van der Waals surface area contributed by atoms with Crippen molar-refractivity contribution in [1.29, 1.82) is 0 Å². The Kier molecular flexibility index (Phi) is 3.81. The molecule has 2 atom stereocenters. The molecule has 3 nitrogen and oxygen atoms in total. The predicted molar refractivity (Wildman–Crippen MR) is 82.5 cm³/mol. The van der Waals surface area contributed by atoms with Crippen molar-refractivity contribution in [3.8, 4) is 0 Å². The molecule has 0 saturated carbocycles. The maximum absolute atomic E-state index is 11.7. The van der Waals surface area contributed by atoms with Crippen LogP contribution >= 0.6 is 0 Å². The topological polar surface area (TPSA) is 40.5 Å². The minimum Gasteiger partial charge on any atom is -0.480 e. The first-order valence-corrected chi connectivity index (χ1v) is 7.41. The summed E-state index contributed by atoms with van der Waals surface area (Å²) in [5, 5.41) is 9.60. The molecule has 0 aromatic heterocycles. The van der Waals surface area contributed by atoms with Gasteiger partial charge < -0.3 is 10.0 Å². The van der Waals surface area contributed by atoms with Crippen LogP contribution in [0, 0.1) is 6.92 Å². The molecule has 1 N–H and O–H groups in total. The summed E-state index contributed by atoms with van der Waals surface area (Å²) in [7, 11) is 0. The van der Waals surface area contributed by atoms with Crippen molar-refractivity contribution in [2.75, 3.05) is 4.90 Å². The number of fused-ring (bicyclic) bond motifs is 1. The summed E-state index contributed by atoms with van der Waals surface area (Å²) < 4.78 is 0. The average molecular weight is 275 g/mol. The van der Waals surface area contributed by atoms with Crippen LogP contribution in [-0.2, 0) is 4.79 Å². The summed E-state index contributed by atoms with van der Waals surface area (Å²) in [5.74, 6) is -0.271. The molecule has 0 saturated heterocycles. The van der Waals surface area contributed by atoms with Gasteiger partial charge in [0.25, 0.3) is 0 Å². The molecular formula is C17H25NO2. The fraction of sp³-hybridized carbons (Fsp3) is 0.588. The normalized spacial score (nSPS) is 22.2. The lowest BCUT2D eigenvalue weighted by Crippen LogP contribution is -2.56. The number of anilines is 1. The molecule has 0 bridgehead atoms. The number of benzene rings is 1. The molecular weight excluding hydrogens is 250 g/mol. The molecule has 1 aliphatic rings. The van der Waals surface area contributed by atoms with E-state index in [2.05, 4.69) is 50.8 Å². The van der Waals surface area contributed by atoms with E-state index in [9.17, 15) is 9.90 Å². The number of aryl methyl sites for hydroxylation is 1. The number of hydrogen-bond donors (Lipinski definition) is 1. The zero-order valence-corrected chi connectivity index (χ0v) is 13.1. The molecule has 1 aromatic carbocycles. The number of hydrogen-bond acceptors (Lipinski definition) is 2. The summed E-state index contributed by atoms with van der Waals surface area (Å²) in [4.78, 5) is 13.8. The van der Waals surface area contributed by atoms with Crippen molar-refractivity contribution in [3.63, 3.8) is 0 Å². The Hall–Kier alpha value is -1.51. The van der Waals surface area contributed by atoms with Gasteiger partial charge in [-0.2, -0.15) is 0 Å². The number of carboxylic acids is 1. The van der Waals surface area contributed by atoms with Crippen LogP contribution in [0.25, 0.3) is 0 Å². The van der Waals surface area contributed by atoms with Gasteiger partial charge in [0, 0.05) is 11.2 Å². The second kappa shape index (κ2) is 5.12. The highest BCUT2D eigenvalue weighted by atomic mass is 16.4. The Balaban J connectivity index is 2.65. The highest BCUT2D eigenvalue weighted by Gasteiger charge is 2.42. The molecule has 110 valence electrons. The van der Waals surface area contributed by atoms with Crippen LogP contribution in [0.1, 0.15) is 57.6 Å². The third kappa shape index (κ3) is 2.30. The van der Waals surface area contributed by atoms with E-state index < -0.39 is 12.0 Å². The van der Waals surface area contributed by atoms with E-state index in [1.165, 1.54) is 11.1 Å². The lowest BCUT2D eigenvalue weighted by atomic mass is 9.78. The maximum atomic E-state index is 11.7. The molecule has 0 spiro atoms. The molecule has 1 heterocycles. The van der Waals surface area contributed by atoms with E-state index >= 15 is 0 Å². The summed E-state index contributed by atoms with van der Waals surface area (Å²) in [5.41, 5.74) is 3.44. The van der Waals surface area contributed by atoms with E-state index in [0.29, 0.717) is 12.3 Å². The van der Waals surface area contributed by atoms with Crippen LogP contribution in [0.4, 0.5) is 5.69 Å². The summed E-state index contributed by atoms with van der Waals surface area (Å²) in [6.45, 7) is 10.6. The van der Waals surface area contributed by atoms with Crippen LogP contribution in [0.2, 0.25) is 0 Å². The first kappa shape index (κ1) is 14.9. The van der Waals surface area contributed by atoms with E-state index in [-0.39, 0.29) is 5.54 Å². The molecule has 2 rings (SSSR count). The Morgan fingerprint density at radius 2 is 2.15 bits per heavy atom. The van der Waals surface area contributed by atoms with Crippen LogP contribution < -0.4 is 4.90 Å². The molecule has 0 aliphatic carbocycles. The Morgan fingerprint density at radius 1 is 1.50 bits per heavy atom. The summed E-state index contributed by atoms with van der Waals surface area (Å²) in [6, 6.07) is 5.83. The van der Waals surface area contributed by atoms with Crippen molar-refractivity contribution in [1.82, 2.24) is 0 Å². The lowest BCUT2D eigenvalue weighted by molar-refractivity contribution is -0.139. The molecule has 0 fully saturated rings. The predicted octanol–water partition coefficient (Wildman–Crippen LogP) is 3.95. The fourth-order valence-corrected chi connectivity index (χ4v) is 3.71. The Morgan fingerprint density at radius 3 is 2.70 bits per heavy atom. The zero-order valence-electron chi connectivity index (χ0n) is 13.1. The first-order chi connectivity index (χ1) is 9.29. The van der Waals surface area contributed by atoms with Crippen molar-refractivity contribution in [3.05, 3.63) is 29.3 Å². The largest absolute Gasteiger partial charge is 0.480 e. The molecule has 1 aliphatic heterocycles. The van der Waals surface area contributed by atoms with Crippen LogP contribution in [0.15, 0.2) is 18.2 Å². The van der Waals surface area contributed by atoms with Crippen molar-refractivity contribution < 1.29 is 9.90 Å². The fourth-order valence-electron chi connectivity index (χ4n) is 3.71. The van der Waals surface area contributed by atoms with Crippen LogP contribution in [0.3, 0.4) is 0 Å². The number of nitrogens with zero attached hydrogens (tertiary/aromatic N) is 1. The van der Waals surface area contributed by atoms with Gasteiger partial charge in [-0.3, -0.25) is 0 Å². The molecule has 0 unspecified atom stereocenters. The minimum atomic E-state index is -0.732. The van der Waals surface area contributed by atoms with E-state index in [4.69, 9.17) is 0 Å². The van der Waals surface area contributed by atoms with Crippen molar-refractivity contribution in [2.24, 2.45) is 0 Å². The van der Waals surface area contributed by atoms with E-state index in [0.717, 1.165) is 12.1 Å². The maximum Gasteiger partial charge on any atom is 0.326 e. The smallest absolute Gasteiger partial charge is 0.326 e. The van der Waals surface area contributed by atoms with Gasteiger partial charge in [-0.1, -0.05) is 32.0 Å². The first-order valence-electron chi connectivity index (χ1n) is 7.41. The second-order valence-electron chi connectivity index (χ2n) is 6.56. The van der Waals surface area contributed by atoms with Gasteiger partial charge in [-0.15, -0.1) is 0 Å². The average Bonchev–Trinajstić information content (AvgIpc) is 2.33. The lowest BCUT2D eigenvalue weighted by Gasteiger charge is -2.50. The third-order valence-electron chi connectivity index (χ3n) is 4.48. The molecule has 0 amide bonds. The SMILES string of the molecule is CC[C@H](C(=O)O)N1c2c(C)cccc2[C@H](C)CC1(C)C. The number of rotatable bonds is 3. The minimum absolute atomic E-state index is 0.141. The second-order valence-corrected chi connectivity index (χ2v) is 6.56. The third-order valence-corrected chi connectivity index (χ3v) is 4.48. The van der Waals surface area contributed by atoms with Gasteiger partial charge in [-0.25, -0.2) is 4.79 Å². The van der Waals surface area contributed by atoms with Crippen LogP contribution in [0.5, 0.6) is 0 Å². The monoisotopic (exact) mass is 275 g/mol. The summed E-state index contributed by atoms with van der Waals surface area (Å²) >= 11 is 0. The number of aliphatic carboxylic acids is 1. The van der Waals surface area contributed by atoms with Gasteiger partial charge in [0.05, 0.1) is 0 Å². The van der Waals surface area contributed by atoms with Gasteiger partial charge in [0.2, 0.25) is 0 Å². The number of carboxylic acid groups (broad SMARTS) is 1. The van der Waals surface area contributed by atoms with Gasteiger partial charge >= 0.3 is 5.97 Å². The Labute approximate surface area is 121 Å². The standard InChI is InChI=1S/C17H25NO2/c1-6-14(16(19)20)18-15-11(2)8-7-9-13(15)12(3)10-17(18,4)5/h7-9,12,14H,6,10H2,1-5H3,(H,19,20)/t12-,14-/m1/s1. The zero-order chi connectivity index (χ0) is 15.1. The van der Waals surface area contributed by atoms with E-state index in [1.54, 1.807) is 0 Å². The molecule has 20 heavy (non-hydrogen) atoms.